The first-order valence-electron chi connectivity index (χ1n) is 5.29. The number of aliphatic carboxylic acids is 2. The molecule has 0 fully saturated rings. The number of methoxy groups -OCH3 is 1. The van der Waals surface area contributed by atoms with E-state index < -0.39 is 25.0 Å². The summed E-state index contributed by atoms with van der Waals surface area (Å²) in [7, 11) is 1.37. The van der Waals surface area contributed by atoms with Crippen molar-refractivity contribution < 1.29 is 29.3 Å². The van der Waals surface area contributed by atoms with Crippen LogP contribution in [0.1, 0.15) is 10.4 Å². The number of carbonyl (C=O) groups excluding carboxylic acids is 1. The topological polar surface area (TPSA) is 104 Å². The van der Waals surface area contributed by atoms with Gasteiger partial charge in [-0.05, 0) is 18.2 Å². The zero-order valence-electron chi connectivity index (χ0n) is 10.2. The molecule has 2 N–H and O–H groups in total. The highest BCUT2D eigenvalue weighted by molar-refractivity contribution is 5.84. The van der Waals surface area contributed by atoms with Gasteiger partial charge in [-0.1, -0.05) is 0 Å². The molecule has 0 unspecified atom stereocenters. The molecule has 0 aliphatic heterocycles. The quantitative estimate of drug-likeness (QED) is 0.692. The predicted octanol–water partition coefficient (Wildman–Crippen LogP) is 0.483. The summed E-state index contributed by atoms with van der Waals surface area (Å²) in [6, 6.07) is 4.36. The Bertz CT molecular complexity index is 483. The molecule has 0 atom stereocenters. The van der Waals surface area contributed by atoms with E-state index >= 15 is 0 Å². The summed E-state index contributed by atoms with van der Waals surface area (Å²) >= 11 is 0. The molecule has 7 heteroatoms. The number of carboxylic acid groups (broad SMARTS) is 2. The Morgan fingerprint density at radius 1 is 1.26 bits per heavy atom. The molecule has 0 aliphatic rings. The predicted molar refractivity (Wildman–Crippen MR) is 65.9 cm³/mol. The third-order valence-corrected chi connectivity index (χ3v) is 2.33. The number of aldehydes is 1. The highest BCUT2D eigenvalue weighted by Crippen LogP contribution is 2.28. The first-order chi connectivity index (χ1) is 8.97. The van der Waals surface area contributed by atoms with Crippen LogP contribution in [0.2, 0.25) is 0 Å². The second-order valence-electron chi connectivity index (χ2n) is 3.69. The zero-order chi connectivity index (χ0) is 14.4. The van der Waals surface area contributed by atoms with Crippen molar-refractivity contribution in [1.82, 2.24) is 0 Å². The lowest BCUT2D eigenvalue weighted by Gasteiger charge is -2.23. The molecule has 102 valence electrons. The molecule has 0 saturated heterocycles. The summed E-state index contributed by atoms with van der Waals surface area (Å²) in [5.74, 6) is -2.06. The normalized spacial score (nSPS) is 9.74. The Kier molecular flexibility index (Phi) is 4.87. The first kappa shape index (κ1) is 14.5. The van der Waals surface area contributed by atoms with E-state index in [9.17, 15) is 14.4 Å². The summed E-state index contributed by atoms with van der Waals surface area (Å²) in [6.07, 6.45) is 0.586. The number of hydrogen-bond acceptors (Lipinski definition) is 5. The maximum absolute atomic E-state index is 10.8. The molecular weight excluding hydrogens is 254 g/mol. The molecular formula is C12H13NO6. The Balaban J connectivity index is 3.21. The summed E-state index contributed by atoms with van der Waals surface area (Å²) < 4.78 is 5.05. The first-order valence-corrected chi connectivity index (χ1v) is 5.29. The zero-order valence-corrected chi connectivity index (χ0v) is 10.2. The van der Waals surface area contributed by atoms with Gasteiger partial charge in [-0.2, -0.15) is 0 Å². The lowest BCUT2D eigenvalue weighted by Crippen LogP contribution is -2.34. The molecule has 7 nitrogen and oxygen atoms in total. The largest absolute Gasteiger partial charge is 0.495 e. The molecule has 0 spiro atoms. The minimum atomic E-state index is -1.18. The number of benzene rings is 1. The Labute approximate surface area is 109 Å². The van der Waals surface area contributed by atoms with Crippen molar-refractivity contribution in [3.8, 4) is 5.75 Å². The van der Waals surface area contributed by atoms with Crippen LogP contribution >= 0.6 is 0 Å². The van der Waals surface area contributed by atoms with Gasteiger partial charge < -0.3 is 19.8 Å². The van der Waals surface area contributed by atoms with Crippen LogP contribution in [0, 0.1) is 0 Å². The van der Waals surface area contributed by atoms with Crippen molar-refractivity contribution in [1.29, 1.82) is 0 Å². The lowest BCUT2D eigenvalue weighted by molar-refractivity contribution is -0.136. The van der Waals surface area contributed by atoms with Crippen LogP contribution in [0.15, 0.2) is 18.2 Å². The molecule has 0 aliphatic carbocycles. The smallest absolute Gasteiger partial charge is 0.323 e. The van der Waals surface area contributed by atoms with E-state index in [4.69, 9.17) is 14.9 Å². The van der Waals surface area contributed by atoms with E-state index in [0.717, 1.165) is 4.90 Å². The average Bonchev–Trinajstić information content (AvgIpc) is 2.36. The molecule has 0 heterocycles. The monoisotopic (exact) mass is 267 g/mol. The molecule has 19 heavy (non-hydrogen) atoms. The standard InChI is InChI=1S/C12H13NO6/c1-19-10-3-2-8(7-14)4-9(10)13(5-11(15)16)6-12(17)18/h2-4,7H,5-6H2,1H3,(H,15,16)(H,17,18). The van der Waals surface area contributed by atoms with Gasteiger partial charge in [-0.15, -0.1) is 0 Å². The molecule has 0 bridgehead atoms. The third-order valence-electron chi connectivity index (χ3n) is 2.33. The van der Waals surface area contributed by atoms with Crippen LogP contribution < -0.4 is 9.64 Å². The van der Waals surface area contributed by atoms with Gasteiger partial charge in [-0.3, -0.25) is 14.4 Å². The second-order valence-corrected chi connectivity index (χ2v) is 3.69. The number of anilines is 1. The molecule has 1 aromatic carbocycles. The van der Waals surface area contributed by atoms with Gasteiger partial charge >= 0.3 is 11.9 Å². The number of carboxylic acids is 2. The van der Waals surface area contributed by atoms with Gasteiger partial charge in [0.05, 0.1) is 12.8 Å². The summed E-state index contributed by atoms with van der Waals surface area (Å²) in [4.78, 5) is 33.4. The second kappa shape index (κ2) is 6.39. The molecule has 1 aromatic rings. The van der Waals surface area contributed by atoms with E-state index in [2.05, 4.69) is 0 Å². The van der Waals surface area contributed by atoms with Gasteiger partial charge in [0.2, 0.25) is 0 Å². The molecule has 1 rings (SSSR count). The number of carbonyl (C=O) groups is 3. The highest BCUT2D eigenvalue weighted by atomic mass is 16.5. The van der Waals surface area contributed by atoms with Crippen molar-refractivity contribution in [3.05, 3.63) is 23.8 Å². The average molecular weight is 267 g/mol. The minimum absolute atomic E-state index is 0.247. The van der Waals surface area contributed by atoms with Gasteiger partial charge in [0.1, 0.15) is 25.1 Å². The van der Waals surface area contributed by atoms with Crippen molar-refractivity contribution in [2.24, 2.45) is 0 Å². The Morgan fingerprint density at radius 3 is 2.26 bits per heavy atom. The SMILES string of the molecule is COc1ccc(C=O)cc1N(CC(=O)O)CC(=O)O. The molecule has 0 saturated carbocycles. The molecule has 0 radical (unpaired) electrons. The van der Waals surface area contributed by atoms with Gasteiger partial charge in [0.15, 0.2) is 0 Å². The highest BCUT2D eigenvalue weighted by Gasteiger charge is 2.18. The maximum Gasteiger partial charge on any atom is 0.323 e. The number of nitrogens with zero attached hydrogens (tertiary/aromatic N) is 1. The summed E-state index contributed by atoms with van der Waals surface area (Å²) in [5, 5.41) is 17.6. The summed E-state index contributed by atoms with van der Waals surface area (Å²) in [5.41, 5.74) is 0.550. The molecule has 0 amide bonds. The number of ether oxygens (including phenoxy) is 1. The van der Waals surface area contributed by atoms with Crippen molar-refractivity contribution >= 4 is 23.9 Å². The Morgan fingerprint density at radius 2 is 1.84 bits per heavy atom. The lowest BCUT2D eigenvalue weighted by atomic mass is 10.2. The van der Waals surface area contributed by atoms with Gasteiger partial charge in [0.25, 0.3) is 0 Å². The van der Waals surface area contributed by atoms with Crippen LogP contribution in [-0.4, -0.2) is 48.6 Å². The minimum Gasteiger partial charge on any atom is -0.495 e. The molecule has 0 aromatic heterocycles. The maximum atomic E-state index is 10.8. The van der Waals surface area contributed by atoms with Crippen LogP contribution in [0.5, 0.6) is 5.75 Å². The van der Waals surface area contributed by atoms with Crippen LogP contribution in [-0.2, 0) is 9.59 Å². The third kappa shape index (κ3) is 3.98. The van der Waals surface area contributed by atoms with E-state index in [1.165, 1.54) is 25.3 Å². The fourth-order valence-corrected chi connectivity index (χ4v) is 1.58. The van der Waals surface area contributed by atoms with Crippen LogP contribution in [0.3, 0.4) is 0 Å². The number of rotatable bonds is 7. The Hall–Kier alpha value is -2.57. The van der Waals surface area contributed by atoms with Crippen LogP contribution in [0.4, 0.5) is 5.69 Å². The van der Waals surface area contributed by atoms with E-state index in [-0.39, 0.29) is 5.69 Å². The van der Waals surface area contributed by atoms with Gasteiger partial charge in [0, 0.05) is 5.56 Å². The fraction of sp³-hybridized carbons (Fsp3) is 0.250. The van der Waals surface area contributed by atoms with E-state index in [1.807, 2.05) is 0 Å². The van der Waals surface area contributed by atoms with Crippen molar-refractivity contribution in [2.75, 3.05) is 25.1 Å². The summed E-state index contributed by atoms with van der Waals surface area (Å²) in [6.45, 7) is -1.02. The van der Waals surface area contributed by atoms with Crippen molar-refractivity contribution in [2.45, 2.75) is 0 Å². The fourth-order valence-electron chi connectivity index (χ4n) is 1.58. The number of hydrogen-bond donors (Lipinski definition) is 2. The van der Waals surface area contributed by atoms with E-state index in [0.29, 0.717) is 17.6 Å². The van der Waals surface area contributed by atoms with E-state index in [1.54, 1.807) is 0 Å². The van der Waals surface area contributed by atoms with Crippen LogP contribution in [0.25, 0.3) is 0 Å². The van der Waals surface area contributed by atoms with Gasteiger partial charge in [-0.25, -0.2) is 0 Å². The van der Waals surface area contributed by atoms with Crippen molar-refractivity contribution in [3.63, 3.8) is 0 Å².